The van der Waals surface area contributed by atoms with E-state index in [1.165, 1.54) is 19.3 Å². The van der Waals surface area contributed by atoms with Crippen LogP contribution in [0.2, 0.25) is 0 Å². The van der Waals surface area contributed by atoms with Gasteiger partial charge in [0.15, 0.2) is 0 Å². The molecule has 1 N–H and O–H groups in total. The minimum Gasteiger partial charge on any atom is -0.385 e. The van der Waals surface area contributed by atoms with Crippen molar-refractivity contribution in [2.75, 3.05) is 0 Å². The van der Waals surface area contributed by atoms with Crippen LogP contribution in [0.3, 0.4) is 0 Å². The first-order chi connectivity index (χ1) is 7.31. The highest BCUT2D eigenvalue weighted by atomic mass is 16.3. The average Bonchev–Trinajstić information content (AvgIpc) is 2.53. The SMILES string of the molecule is C[C@@H]1CC[C@]23C[C@H]1C(C)(C)[C@@H]2C=C[C@]3(C)O. The molecule has 1 spiro atoms. The van der Waals surface area contributed by atoms with Gasteiger partial charge in [-0.25, -0.2) is 0 Å². The summed E-state index contributed by atoms with van der Waals surface area (Å²) in [6, 6.07) is 0. The molecule has 1 nitrogen and oxygen atoms in total. The Morgan fingerprint density at radius 1 is 1.25 bits per heavy atom. The predicted molar refractivity (Wildman–Crippen MR) is 66.0 cm³/mol. The smallest absolute Gasteiger partial charge is 0.0861 e. The fraction of sp³-hybridized carbons (Fsp3) is 0.867. The molecule has 0 unspecified atom stereocenters. The molecule has 3 aliphatic carbocycles. The van der Waals surface area contributed by atoms with E-state index in [1.807, 2.05) is 6.92 Å². The van der Waals surface area contributed by atoms with Crippen LogP contribution in [0.5, 0.6) is 0 Å². The first kappa shape index (κ1) is 10.8. The van der Waals surface area contributed by atoms with Gasteiger partial charge in [-0.3, -0.25) is 0 Å². The molecule has 0 saturated heterocycles. The Bertz CT molecular complexity index is 352. The van der Waals surface area contributed by atoms with Crippen LogP contribution in [0.4, 0.5) is 0 Å². The lowest BCUT2D eigenvalue weighted by Crippen LogP contribution is -2.45. The van der Waals surface area contributed by atoms with Crippen molar-refractivity contribution in [2.45, 2.75) is 52.6 Å². The van der Waals surface area contributed by atoms with Crippen molar-refractivity contribution < 1.29 is 5.11 Å². The Hall–Kier alpha value is -0.300. The molecule has 3 aliphatic rings. The fourth-order valence-electron chi connectivity index (χ4n) is 5.26. The number of hydrogen-bond donors (Lipinski definition) is 1. The van der Waals surface area contributed by atoms with E-state index in [2.05, 4.69) is 32.9 Å². The van der Waals surface area contributed by atoms with Gasteiger partial charge in [-0.1, -0.05) is 32.9 Å². The maximum atomic E-state index is 10.7. The third-order valence-corrected chi connectivity index (χ3v) is 6.29. The minimum absolute atomic E-state index is 0.160. The van der Waals surface area contributed by atoms with Gasteiger partial charge in [0.25, 0.3) is 0 Å². The van der Waals surface area contributed by atoms with Crippen molar-refractivity contribution in [1.82, 2.24) is 0 Å². The van der Waals surface area contributed by atoms with Gasteiger partial charge in [0.2, 0.25) is 0 Å². The molecule has 3 rings (SSSR count). The summed E-state index contributed by atoms with van der Waals surface area (Å²) in [6.07, 6.45) is 8.12. The van der Waals surface area contributed by atoms with Crippen molar-refractivity contribution in [1.29, 1.82) is 0 Å². The van der Waals surface area contributed by atoms with Crippen molar-refractivity contribution in [3.8, 4) is 0 Å². The van der Waals surface area contributed by atoms with Gasteiger partial charge in [-0.05, 0) is 49.4 Å². The largest absolute Gasteiger partial charge is 0.385 e. The standard InChI is InChI=1S/C15H24O/c1-10-5-8-15-9-11(10)13(2,3)12(15)6-7-14(15,4)16/h6-7,10-12,16H,5,8-9H2,1-4H3/t10-,11-,12+,14+,15+/m1/s1. The molecule has 0 aromatic rings. The van der Waals surface area contributed by atoms with Crippen LogP contribution < -0.4 is 0 Å². The quantitative estimate of drug-likeness (QED) is 0.620. The molecule has 16 heavy (non-hydrogen) atoms. The number of fused-ring (bicyclic) bond motifs is 1. The van der Waals surface area contributed by atoms with Gasteiger partial charge in [-0.15, -0.1) is 0 Å². The van der Waals surface area contributed by atoms with Gasteiger partial charge < -0.3 is 5.11 Å². The lowest BCUT2D eigenvalue weighted by Gasteiger charge is -2.44. The summed E-state index contributed by atoms with van der Waals surface area (Å²) in [7, 11) is 0. The third kappa shape index (κ3) is 0.971. The molecule has 2 saturated carbocycles. The number of aliphatic hydroxyl groups is 1. The van der Waals surface area contributed by atoms with E-state index >= 15 is 0 Å². The summed E-state index contributed by atoms with van der Waals surface area (Å²) in [5, 5.41) is 10.7. The summed E-state index contributed by atoms with van der Waals surface area (Å²) in [5.74, 6) is 2.21. The van der Waals surface area contributed by atoms with Crippen LogP contribution in [0.1, 0.15) is 47.0 Å². The van der Waals surface area contributed by atoms with Crippen molar-refractivity contribution in [3.05, 3.63) is 12.2 Å². The molecule has 0 aliphatic heterocycles. The molecule has 2 bridgehead atoms. The van der Waals surface area contributed by atoms with E-state index in [-0.39, 0.29) is 5.41 Å². The molecule has 5 atom stereocenters. The van der Waals surface area contributed by atoms with E-state index in [0.29, 0.717) is 11.3 Å². The topological polar surface area (TPSA) is 20.2 Å². The summed E-state index contributed by atoms with van der Waals surface area (Å²) < 4.78 is 0. The van der Waals surface area contributed by atoms with Crippen LogP contribution in [0.25, 0.3) is 0 Å². The van der Waals surface area contributed by atoms with E-state index in [9.17, 15) is 5.11 Å². The van der Waals surface area contributed by atoms with Crippen molar-refractivity contribution in [3.63, 3.8) is 0 Å². The molecule has 1 heteroatoms. The van der Waals surface area contributed by atoms with Crippen molar-refractivity contribution in [2.24, 2.45) is 28.6 Å². The lowest BCUT2D eigenvalue weighted by molar-refractivity contribution is -0.0552. The lowest BCUT2D eigenvalue weighted by atomic mass is 9.63. The van der Waals surface area contributed by atoms with Gasteiger partial charge in [0.1, 0.15) is 0 Å². The molecule has 0 amide bonds. The monoisotopic (exact) mass is 220 g/mol. The maximum absolute atomic E-state index is 10.7. The first-order valence-electron chi connectivity index (χ1n) is 6.73. The summed E-state index contributed by atoms with van der Waals surface area (Å²) in [4.78, 5) is 0. The zero-order valence-electron chi connectivity index (χ0n) is 11.0. The van der Waals surface area contributed by atoms with Gasteiger partial charge in [-0.2, -0.15) is 0 Å². The number of allylic oxidation sites excluding steroid dienone is 1. The zero-order valence-corrected chi connectivity index (χ0v) is 11.0. The Morgan fingerprint density at radius 2 is 1.94 bits per heavy atom. The average molecular weight is 220 g/mol. The highest BCUT2D eigenvalue weighted by Gasteiger charge is 2.67. The number of rotatable bonds is 0. The van der Waals surface area contributed by atoms with Crippen molar-refractivity contribution >= 4 is 0 Å². The van der Waals surface area contributed by atoms with Gasteiger partial charge >= 0.3 is 0 Å². The molecule has 0 heterocycles. The molecule has 2 fully saturated rings. The van der Waals surface area contributed by atoms with Crippen LogP contribution in [-0.4, -0.2) is 10.7 Å². The second-order valence-corrected chi connectivity index (χ2v) is 7.29. The molecule has 0 aromatic carbocycles. The Labute approximate surface area is 98.9 Å². The predicted octanol–water partition coefficient (Wildman–Crippen LogP) is 3.39. The van der Waals surface area contributed by atoms with Gasteiger partial charge in [0.05, 0.1) is 5.60 Å². The highest BCUT2D eigenvalue weighted by Crippen LogP contribution is 2.71. The highest BCUT2D eigenvalue weighted by molar-refractivity contribution is 5.29. The second kappa shape index (κ2) is 2.75. The van der Waals surface area contributed by atoms with Crippen LogP contribution in [-0.2, 0) is 0 Å². The molecule has 0 radical (unpaired) electrons. The molecule has 0 aromatic heterocycles. The Morgan fingerprint density at radius 3 is 2.62 bits per heavy atom. The Kier molecular flexibility index (Phi) is 1.86. The van der Waals surface area contributed by atoms with E-state index in [0.717, 1.165) is 11.8 Å². The molecular formula is C15H24O. The van der Waals surface area contributed by atoms with E-state index < -0.39 is 5.60 Å². The summed E-state index contributed by atoms with van der Waals surface area (Å²) in [6.45, 7) is 9.26. The normalized spacial score (nSPS) is 57.7. The molecule has 90 valence electrons. The Balaban J connectivity index is 2.12. The van der Waals surface area contributed by atoms with Crippen LogP contribution >= 0.6 is 0 Å². The van der Waals surface area contributed by atoms with E-state index in [1.54, 1.807) is 0 Å². The first-order valence-corrected chi connectivity index (χ1v) is 6.73. The zero-order chi connectivity index (χ0) is 11.8. The summed E-state index contributed by atoms with van der Waals surface area (Å²) >= 11 is 0. The third-order valence-electron chi connectivity index (χ3n) is 6.29. The van der Waals surface area contributed by atoms with Crippen LogP contribution in [0, 0.1) is 28.6 Å². The minimum atomic E-state index is -0.566. The van der Waals surface area contributed by atoms with Gasteiger partial charge in [0, 0.05) is 5.41 Å². The maximum Gasteiger partial charge on any atom is 0.0861 e. The van der Waals surface area contributed by atoms with E-state index in [4.69, 9.17) is 0 Å². The fourth-order valence-corrected chi connectivity index (χ4v) is 5.26. The van der Waals surface area contributed by atoms with Crippen LogP contribution in [0.15, 0.2) is 12.2 Å². The summed E-state index contributed by atoms with van der Waals surface area (Å²) in [5.41, 5.74) is -0.0373. The second-order valence-electron chi connectivity index (χ2n) is 7.29. The number of hydrogen-bond acceptors (Lipinski definition) is 1. The molecular weight excluding hydrogens is 196 g/mol.